The van der Waals surface area contributed by atoms with Gasteiger partial charge in [-0.15, -0.1) is 0 Å². The molecule has 0 radical (unpaired) electrons. The van der Waals surface area contributed by atoms with Crippen LogP contribution in [0.2, 0.25) is 0 Å². The van der Waals surface area contributed by atoms with Gasteiger partial charge in [0.05, 0.1) is 18.6 Å². The molecule has 0 saturated heterocycles. The van der Waals surface area contributed by atoms with E-state index in [0.29, 0.717) is 6.54 Å². The molecule has 102 valence electrons. The van der Waals surface area contributed by atoms with Gasteiger partial charge in [0, 0.05) is 24.3 Å². The molecule has 0 fully saturated rings. The summed E-state index contributed by atoms with van der Waals surface area (Å²) in [7, 11) is -1.43. The Bertz CT molecular complexity index is 510. The van der Waals surface area contributed by atoms with Crippen LogP contribution in [0.25, 0.3) is 0 Å². The molecule has 0 atom stereocenters. The van der Waals surface area contributed by atoms with Crippen molar-refractivity contribution in [1.82, 2.24) is 0 Å². The molecule has 0 aromatic heterocycles. The van der Waals surface area contributed by atoms with Gasteiger partial charge in [-0.3, -0.25) is 4.18 Å². The normalized spacial score (nSPS) is 11.6. The van der Waals surface area contributed by atoms with E-state index in [-0.39, 0.29) is 6.61 Å². The smallest absolute Gasteiger partial charge is 0.264 e. The summed E-state index contributed by atoms with van der Waals surface area (Å²) in [4.78, 5) is 2.00. The topological polar surface area (TPSA) is 46.6 Å². The molecule has 0 aliphatic rings. The van der Waals surface area contributed by atoms with Crippen molar-refractivity contribution >= 4 is 83.6 Å². The summed E-state index contributed by atoms with van der Waals surface area (Å²) in [5.74, 6) is 0. The molecule has 0 N–H and O–H groups in total. The number of likely N-dealkylation sites (N-methyl/N-ethyl adjacent to an activating group) is 1. The Labute approximate surface area is 148 Å². The summed E-state index contributed by atoms with van der Waals surface area (Å²) >= 11 is 6.85. The second-order valence-electron chi connectivity index (χ2n) is 3.67. The van der Waals surface area contributed by atoms with Crippen molar-refractivity contribution in [2.45, 2.75) is 0 Å². The van der Waals surface area contributed by atoms with E-state index >= 15 is 0 Å². The van der Waals surface area contributed by atoms with Crippen LogP contribution in [0.5, 0.6) is 0 Å². The summed E-state index contributed by atoms with van der Waals surface area (Å²) in [6.45, 7) is 0.688. The summed E-state index contributed by atoms with van der Waals surface area (Å²) in [6, 6.07) is 4.18. The van der Waals surface area contributed by atoms with Crippen molar-refractivity contribution < 1.29 is 12.6 Å². The average Bonchev–Trinajstić information content (AvgIpc) is 2.13. The molecule has 0 unspecified atom stereocenters. The van der Waals surface area contributed by atoms with Gasteiger partial charge in [-0.2, -0.15) is 8.42 Å². The van der Waals surface area contributed by atoms with E-state index in [2.05, 4.69) is 79.9 Å². The van der Waals surface area contributed by atoms with Gasteiger partial charge in [0.15, 0.2) is 0 Å². The van der Waals surface area contributed by atoms with Crippen molar-refractivity contribution in [3.63, 3.8) is 0 Å². The van der Waals surface area contributed by atoms with Crippen molar-refractivity contribution in [2.24, 2.45) is 0 Å². The quantitative estimate of drug-likeness (QED) is 0.382. The van der Waals surface area contributed by atoms with Gasteiger partial charge in [-0.1, -0.05) is 0 Å². The predicted octanol–water partition coefficient (Wildman–Crippen LogP) is 2.91. The minimum absolute atomic E-state index is 0.160. The highest BCUT2D eigenvalue weighted by Crippen LogP contribution is 2.29. The third-order valence-electron chi connectivity index (χ3n) is 2.09. The van der Waals surface area contributed by atoms with E-state index in [1.165, 1.54) is 3.57 Å². The van der Waals surface area contributed by atoms with Crippen LogP contribution in [0.1, 0.15) is 0 Å². The van der Waals surface area contributed by atoms with E-state index in [9.17, 15) is 8.42 Å². The monoisotopic (exact) mass is 607 g/mol. The molecule has 0 aliphatic carbocycles. The van der Waals surface area contributed by atoms with Crippen LogP contribution in [0.3, 0.4) is 0 Å². The third-order valence-corrected chi connectivity index (χ3v) is 4.95. The first-order chi connectivity index (χ1) is 8.20. The lowest BCUT2D eigenvalue weighted by atomic mass is 10.3. The van der Waals surface area contributed by atoms with Crippen LogP contribution in [-0.2, 0) is 14.3 Å². The zero-order valence-electron chi connectivity index (χ0n) is 9.78. The Morgan fingerprint density at radius 2 is 1.72 bits per heavy atom. The molecule has 8 heteroatoms. The fourth-order valence-electron chi connectivity index (χ4n) is 1.34. The molecule has 0 heterocycles. The Morgan fingerprint density at radius 1 is 1.22 bits per heavy atom. The van der Waals surface area contributed by atoms with Gasteiger partial charge in [0.25, 0.3) is 10.1 Å². The van der Waals surface area contributed by atoms with E-state index in [1.54, 1.807) is 0 Å². The van der Waals surface area contributed by atoms with E-state index in [1.807, 2.05) is 11.9 Å². The van der Waals surface area contributed by atoms with Gasteiger partial charge in [-0.05, 0) is 79.9 Å². The highest BCUT2D eigenvalue weighted by molar-refractivity contribution is 14.1. The first-order valence-electron chi connectivity index (χ1n) is 4.91. The summed E-state index contributed by atoms with van der Waals surface area (Å²) < 4.78 is 30.0. The molecule has 0 spiro atoms. The lowest BCUT2D eigenvalue weighted by molar-refractivity contribution is 0.329. The molecular weight excluding hydrogens is 595 g/mol. The van der Waals surface area contributed by atoms with Crippen LogP contribution < -0.4 is 4.90 Å². The molecule has 0 aliphatic heterocycles. The number of nitrogens with zero attached hydrogens (tertiary/aromatic N) is 1. The first kappa shape index (κ1) is 17.2. The molecule has 0 saturated carbocycles. The number of anilines is 1. The van der Waals surface area contributed by atoms with Crippen molar-refractivity contribution in [2.75, 3.05) is 31.4 Å². The van der Waals surface area contributed by atoms with Crippen LogP contribution in [0.15, 0.2) is 12.1 Å². The van der Waals surface area contributed by atoms with Crippen LogP contribution in [0.4, 0.5) is 5.69 Å². The maximum Gasteiger partial charge on any atom is 0.264 e. The highest BCUT2D eigenvalue weighted by Gasteiger charge is 2.12. The first-order valence-corrected chi connectivity index (χ1v) is 9.96. The van der Waals surface area contributed by atoms with Crippen molar-refractivity contribution in [3.05, 3.63) is 22.8 Å². The lowest BCUT2D eigenvalue weighted by Crippen LogP contribution is -2.25. The molecule has 0 amide bonds. The van der Waals surface area contributed by atoms with Crippen LogP contribution in [-0.4, -0.2) is 34.9 Å². The third kappa shape index (κ3) is 5.63. The van der Waals surface area contributed by atoms with Crippen molar-refractivity contribution in [3.8, 4) is 0 Å². The van der Waals surface area contributed by atoms with Gasteiger partial charge in [-0.25, -0.2) is 0 Å². The lowest BCUT2D eigenvalue weighted by Gasteiger charge is -2.22. The zero-order valence-corrected chi connectivity index (χ0v) is 17.1. The minimum Gasteiger partial charge on any atom is -0.371 e. The van der Waals surface area contributed by atoms with E-state index < -0.39 is 10.1 Å². The summed E-state index contributed by atoms with van der Waals surface area (Å²) in [6.07, 6.45) is 1.06. The molecule has 18 heavy (non-hydrogen) atoms. The standard InChI is InChI=1S/C10H12I3NO3S/c1-14(3-4-17-18(2,15)16)10-8(12)5-7(11)6-9(10)13/h5-6H,3-4H2,1-2H3. The molecule has 1 aromatic rings. The van der Waals surface area contributed by atoms with Crippen LogP contribution in [0, 0.1) is 10.7 Å². The second-order valence-corrected chi connectivity index (χ2v) is 8.88. The van der Waals surface area contributed by atoms with E-state index in [0.717, 1.165) is 19.1 Å². The SMILES string of the molecule is CN(CCOS(C)(=O)=O)c1c(I)cc(I)cc1I. The predicted molar refractivity (Wildman–Crippen MR) is 98.7 cm³/mol. The minimum atomic E-state index is -3.36. The number of benzene rings is 1. The second kappa shape index (κ2) is 7.22. The maximum absolute atomic E-state index is 10.9. The summed E-state index contributed by atoms with van der Waals surface area (Å²) in [5.41, 5.74) is 1.11. The van der Waals surface area contributed by atoms with Crippen LogP contribution >= 0.6 is 67.8 Å². The highest BCUT2D eigenvalue weighted by atomic mass is 127. The Kier molecular flexibility index (Phi) is 6.89. The van der Waals surface area contributed by atoms with E-state index in [4.69, 9.17) is 4.18 Å². The Morgan fingerprint density at radius 3 is 2.17 bits per heavy atom. The molecule has 1 aromatic carbocycles. The van der Waals surface area contributed by atoms with Gasteiger partial charge in [0.1, 0.15) is 0 Å². The number of hydrogen-bond acceptors (Lipinski definition) is 4. The fourth-order valence-corrected chi connectivity index (χ4v) is 6.12. The van der Waals surface area contributed by atoms with Gasteiger partial charge >= 0.3 is 0 Å². The Hall–Kier alpha value is 1.12. The summed E-state index contributed by atoms with van der Waals surface area (Å²) in [5, 5.41) is 0. The Balaban J connectivity index is 2.76. The fraction of sp³-hybridized carbons (Fsp3) is 0.400. The number of halogens is 3. The molecule has 0 bridgehead atoms. The largest absolute Gasteiger partial charge is 0.371 e. The maximum atomic E-state index is 10.9. The van der Waals surface area contributed by atoms with Gasteiger partial charge in [0.2, 0.25) is 0 Å². The average molecular weight is 607 g/mol. The van der Waals surface area contributed by atoms with Gasteiger partial charge < -0.3 is 4.90 Å². The molecule has 4 nitrogen and oxygen atoms in total. The number of rotatable bonds is 5. The zero-order chi connectivity index (χ0) is 13.9. The molecular formula is C10H12I3NO3S. The number of hydrogen-bond donors (Lipinski definition) is 0. The van der Waals surface area contributed by atoms with Crippen molar-refractivity contribution in [1.29, 1.82) is 0 Å². The molecule has 1 rings (SSSR count).